The molecule has 0 radical (unpaired) electrons. The van der Waals surface area contributed by atoms with Crippen LogP contribution >= 0.6 is 11.8 Å². The van der Waals surface area contributed by atoms with Gasteiger partial charge in [0.2, 0.25) is 0 Å². The van der Waals surface area contributed by atoms with Crippen LogP contribution in [-0.4, -0.2) is 52.0 Å². The number of methoxy groups -OCH3 is 1. The Hall–Kier alpha value is 0.230. The Balaban J connectivity index is 2.29. The Morgan fingerprint density at radius 3 is 2.76 bits per heavy atom. The van der Waals surface area contributed by atoms with Crippen molar-refractivity contribution in [3.63, 3.8) is 0 Å². The standard InChI is InChI=1S/C13H27NO2S/c1-15-10-7-14-12-13(4-3-11-17-2)5-8-16-9-6-13/h14H,3-12H2,1-2H3. The van der Waals surface area contributed by atoms with Gasteiger partial charge in [-0.15, -0.1) is 0 Å². The van der Waals surface area contributed by atoms with E-state index in [0.29, 0.717) is 5.41 Å². The third-order valence-electron chi connectivity index (χ3n) is 3.59. The lowest BCUT2D eigenvalue weighted by Gasteiger charge is -2.37. The highest BCUT2D eigenvalue weighted by atomic mass is 32.2. The van der Waals surface area contributed by atoms with Gasteiger partial charge in [0.15, 0.2) is 0 Å². The van der Waals surface area contributed by atoms with Crippen LogP contribution in [0.2, 0.25) is 0 Å². The van der Waals surface area contributed by atoms with Crippen LogP contribution in [0.4, 0.5) is 0 Å². The summed E-state index contributed by atoms with van der Waals surface area (Å²) in [6, 6.07) is 0. The van der Waals surface area contributed by atoms with E-state index < -0.39 is 0 Å². The van der Waals surface area contributed by atoms with Crippen molar-refractivity contribution < 1.29 is 9.47 Å². The molecule has 1 aliphatic rings. The molecule has 0 spiro atoms. The maximum absolute atomic E-state index is 5.50. The summed E-state index contributed by atoms with van der Waals surface area (Å²) in [6.07, 6.45) is 7.26. The molecular formula is C13H27NO2S. The maximum Gasteiger partial charge on any atom is 0.0587 e. The van der Waals surface area contributed by atoms with E-state index >= 15 is 0 Å². The van der Waals surface area contributed by atoms with Crippen molar-refractivity contribution in [2.24, 2.45) is 5.41 Å². The minimum Gasteiger partial charge on any atom is -0.383 e. The molecule has 1 N–H and O–H groups in total. The molecule has 0 bridgehead atoms. The van der Waals surface area contributed by atoms with Crippen LogP contribution < -0.4 is 5.32 Å². The highest BCUT2D eigenvalue weighted by Crippen LogP contribution is 2.35. The van der Waals surface area contributed by atoms with Crippen LogP contribution in [0.25, 0.3) is 0 Å². The Morgan fingerprint density at radius 1 is 1.35 bits per heavy atom. The van der Waals surface area contributed by atoms with Gasteiger partial charge in [-0.1, -0.05) is 0 Å². The van der Waals surface area contributed by atoms with Crippen molar-refractivity contribution in [1.29, 1.82) is 0 Å². The number of nitrogens with one attached hydrogen (secondary N) is 1. The second-order valence-corrected chi connectivity index (χ2v) is 5.86. The predicted octanol–water partition coefficient (Wildman–Crippen LogP) is 2.16. The summed E-state index contributed by atoms with van der Waals surface area (Å²) in [7, 11) is 1.75. The molecular weight excluding hydrogens is 234 g/mol. The average molecular weight is 261 g/mol. The van der Waals surface area contributed by atoms with E-state index in [2.05, 4.69) is 11.6 Å². The predicted molar refractivity (Wildman–Crippen MR) is 74.8 cm³/mol. The molecule has 0 amide bonds. The summed E-state index contributed by atoms with van der Waals surface area (Å²) in [5, 5.41) is 3.54. The first-order valence-electron chi connectivity index (χ1n) is 6.59. The molecule has 0 aliphatic carbocycles. The fourth-order valence-corrected chi connectivity index (χ4v) is 2.87. The van der Waals surface area contributed by atoms with Gasteiger partial charge in [0.25, 0.3) is 0 Å². The summed E-state index contributed by atoms with van der Waals surface area (Å²) in [6.45, 7) is 4.75. The molecule has 1 aliphatic heterocycles. The van der Waals surface area contributed by atoms with Gasteiger partial charge in [0, 0.05) is 33.4 Å². The number of rotatable bonds is 9. The third-order valence-corrected chi connectivity index (χ3v) is 4.29. The van der Waals surface area contributed by atoms with Gasteiger partial charge in [-0.3, -0.25) is 0 Å². The van der Waals surface area contributed by atoms with Crippen LogP contribution in [0.3, 0.4) is 0 Å². The van der Waals surface area contributed by atoms with Crippen LogP contribution in [0.1, 0.15) is 25.7 Å². The van der Waals surface area contributed by atoms with Crippen LogP contribution in [0.15, 0.2) is 0 Å². The Kier molecular flexibility index (Phi) is 8.27. The molecule has 0 aromatic rings. The van der Waals surface area contributed by atoms with Crippen molar-refractivity contribution >= 4 is 11.8 Å². The second kappa shape index (κ2) is 9.20. The molecule has 1 fully saturated rings. The monoisotopic (exact) mass is 261 g/mol. The summed E-state index contributed by atoms with van der Waals surface area (Å²) in [5.74, 6) is 1.28. The topological polar surface area (TPSA) is 30.5 Å². The van der Waals surface area contributed by atoms with E-state index in [-0.39, 0.29) is 0 Å². The normalized spacial score (nSPS) is 19.4. The minimum absolute atomic E-state index is 0.474. The summed E-state index contributed by atoms with van der Waals surface area (Å²) in [5.41, 5.74) is 0.474. The number of hydrogen-bond donors (Lipinski definition) is 1. The second-order valence-electron chi connectivity index (χ2n) is 4.88. The van der Waals surface area contributed by atoms with E-state index in [1.165, 1.54) is 31.4 Å². The number of ether oxygens (including phenoxy) is 2. The number of hydrogen-bond acceptors (Lipinski definition) is 4. The molecule has 1 rings (SSSR count). The van der Waals surface area contributed by atoms with E-state index in [0.717, 1.165) is 32.9 Å². The first-order valence-corrected chi connectivity index (χ1v) is 7.99. The highest BCUT2D eigenvalue weighted by Gasteiger charge is 2.31. The van der Waals surface area contributed by atoms with E-state index in [9.17, 15) is 0 Å². The van der Waals surface area contributed by atoms with Gasteiger partial charge in [0.1, 0.15) is 0 Å². The Morgan fingerprint density at radius 2 is 2.12 bits per heavy atom. The van der Waals surface area contributed by atoms with Crippen LogP contribution in [0, 0.1) is 5.41 Å². The zero-order valence-electron chi connectivity index (χ0n) is 11.3. The van der Waals surface area contributed by atoms with Gasteiger partial charge in [0.05, 0.1) is 6.61 Å². The lowest BCUT2D eigenvalue weighted by Crippen LogP contribution is -2.40. The largest absolute Gasteiger partial charge is 0.383 e. The molecule has 17 heavy (non-hydrogen) atoms. The molecule has 0 unspecified atom stereocenters. The summed E-state index contributed by atoms with van der Waals surface area (Å²) >= 11 is 1.95. The number of thioether (sulfide) groups is 1. The van der Waals surface area contributed by atoms with Crippen molar-refractivity contribution in [2.75, 3.05) is 52.0 Å². The quantitative estimate of drug-likeness (QED) is 0.644. The zero-order chi connectivity index (χ0) is 12.4. The first-order chi connectivity index (χ1) is 8.33. The fraction of sp³-hybridized carbons (Fsp3) is 1.00. The lowest BCUT2D eigenvalue weighted by atomic mass is 9.76. The third kappa shape index (κ3) is 6.09. The Labute approximate surface area is 110 Å². The molecule has 1 heterocycles. The summed E-state index contributed by atoms with van der Waals surface area (Å²) < 4.78 is 10.6. The molecule has 0 aromatic heterocycles. The van der Waals surface area contributed by atoms with E-state index in [4.69, 9.17) is 9.47 Å². The zero-order valence-corrected chi connectivity index (χ0v) is 12.1. The van der Waals surface area contributed by atoms with Crippen molar-refractivity contribution in [1.82, 2.24) is 5.32 Å². The first kappa shape index (κ1) is 15.3. The van der Waals surface area contributed by atoms with Crippen molar-refractivity contribution in [3.8, 4) is 0 Å². The van der Waals surface area contributed by atoms with Gasteiger partial charge >= 0.3 is 0 Å². The fourth-order valence-electron chi connectivity index (χ4n) is 2.44. The maximum atomic E-state index is 5.50. The molecule has 102 valence electrons. The lowest BCUT2D eigenvalue weighted by molar-refractivity contribution is 0.00962. The molecule has 3 nitrogen and oxygen atoms in total. The SMILES string of the molecule is COCCNCC1(CCCSC)CCOCC1. The minimum atomic E-state index is 0.474. The molecule has 0 aromatic carbocycles. The van der Waals surface area contributed by atoms with Gasteiger partial charge in [-0.2, -0.15) is 11.8 Å². The van der Waals surface area contributed by atoms with Crippen molar-refractivity contribution in [3.05, 3.63) is 0 Å². The highest BCUT2D eigenvalue weighted by molar-refractivity contribution is 7.98. The van der Waals surface area contributed by atoms with Gasteiger partial charge < -0.3 is 14.8 Å². The Bertz CT molecular complexity index is 184. The van der Waals surface area contributed by atoms with E-state index in [1.54, 1.807) is 7.11 Å². The molecule has 4 heteroatoms. The van der Waals surface area contributed by atoms with E-state index in [1.807, 2.05) is 11.8 Å². The van der Waals surface area contributed by atoms with Gasteiger partial charge in [-0.25, -0.2) is 0 Å². The average Bonchev–Trinajstić information content (AvgIpc) is 2.36. The molecule has 1 saturated heterocycles. The smallest absolute Gasteiger partial charge is 0.0587 e. The molecule has 0 saturated carbocycles. The van der Waals surface area contributed by atoms with Gasteiger partial charge in [-0.05, 0) is 43.1 Å². The van der Waals surface area contributed by atoms with Crippen molar-refractivity contribution in [2.45, 2.75) is 25.7 Å². The summed E-state index contributed by atoms with van der Waals surface area (Å²) in [4.78, 5) is 0. The van der Waals surface area contributed by atoms with Crippen LogP contribution in [0.5, 0.6) is 0 Å². The molecule has 0 atom stereocenters. The van der Waals surface area contributed by atoms with Crippen LogP contribution in [-0.2, 0) is 9.47 Å².